The number of hydrogen-bond acceptors (Lipinski definition) is 4. The summed E-state index contributed by atoms with van der Waals surface area (Å²) in [5.74, 6) is -3.40. The molecular weight excluding hydrogens is 330 g/mol. The van der Waals surface area contributed by atoms with E-state index < -0.39 is 50.4 Å². The van der Waals surface area contributed by atoms with Gasteiger partial charge in [-0.05, 0) is 32.6 Å². The molecule has 3 atom stereocenters. The van der Waals surface area contributed by atoms with E-state index in [9.17, 15) is 26.8 Å². The zero-order valence-corrected chi connectivity index (χ0v) is 14.2. The third-order valence-corrected chi connectivity index (χ3v) is 7.12. The Kier molecular flexibility index (Phi) is 4.47. The maximum absolute atomic E-state index is 13.0. The minimum Gasteiger partial charge on any atom is -0.341 e. The fourth-order valence-electron chi connectivity index (χ4n) is 2.36. The van der Waals surface area contributed by atoms with Crippen LogP contribution in [0.1, 0.15) is 46.5 Å². The first-order chi connectivity index (χ1) is 10.5. The molecule has 2 N–H and O–H groups in total. The van der Waals surface area contributed by atoms with E-state index >= 15 is 0 Å². The van der Waals surface area contributed by atoms with Crippen molar-refractivity contribution >= 4 is 21.8 Å². The van der Waals surface area contributed by atoms with Crippen molar-refractivity contribution in [2.45, 2.75) is 63.2 Å². The van der Waals surface area contributed by atoms with Crippen LogP contribution in [0, 0.1) is 11.8 Å². The highest BCUT2D eigenvalue weighted by Crippen LogP contribution is 2.49. The minimum atomic E-state index is -3.94. The van der Waals surface area contributed by atoms with E-state index in [0.717, 1.165) is 0 Å². The van der Waals surface area contributed by atoms with Crippen molar-refractivity contribution in [2.24, 2.45) is 11.8 Å². The lowest BCUT2D eigenvalue weighted by atomic mass is 10.1. The van der Waals surface area contributed by atoms with Crippen LogP contribution >= 0.6 is 0 Å². The molecule has 0 radical (unpaired) electrons. The van der Waals surface area contributed by atoms with E-state index in [0.29, 0.717) is 19.3 Å². The Morgan fingerprint density at radius 1 is 1.30 bits per heavy atom. The molecule has 2 rings (SSSR count). The number of carbonyl (C=O) groups is 2. The van der Waals surface area contributed by atoms with Gasteiger partial charge < -0.3 is 5.32 Å². The molecule has 0 aliphatic heterocycles. The second-order valence-corrected chi connectivity index (χ2v) is 9.00. The molecule has 6 nitrogen and oxygen atoms in total. The summed E-state index contributed by atoms with van der Waals surface area (Å²) in [4.78, 5) is 24.3. The molecule has 0 spiro atoms. The largest absolute Gasteiger partial charge is 0.341 e. The zero-order valence-electron chi connectivity index (χ0n) is 13.4. The van der Waals surface area contributed by atoms with E-state index in [1.54, 1.807) is 13.8 Å². The number of nitrogens with one attached hydrogen (secondary N) is 2. The number of carbonyl (C=O) groups excluding carboxylic acids is 2. The van der Waals surface area contributed by atoms with Crippen molar-refractivity contribution in [1.82, 2.24) is 10.0 Å². The third kappa shape index (κ3) is 3.20. The zero-order chi connectivity index (χ0) is 17.6. The molecule has 2 fully saturated rings. The first-order valence-electron chi connectivity index (χ1n) is 7.66. The maximum atomic E-state index is 13.0. The molecule has 2 amide bonds. The number of alkyl halides is 2. The molecule has 3 unspecified atom stereocenters. The van der Waals surface area contributed by atoms with Crippen LogP contribution in [0.5, 0.6) is 0 Å². The van der Waals surface area contributed by atoms with Crippen LogP contribution in [0.3, 0.4) is 0 Å². The smallest absolute Gasteiger partial charge is 0.259 e. The molecule has 0 bridgehead atoms. The average Bonchev–Trinajstić information content (AvgIpc) is 3.34. The van der Waals surface area contributed by atoms with Crippen LogP contribution in [-0.4, -0.2) is 36.9 Å². The third-order valence-electron chi connectivity index (χ3n) is 4.96. The van der Waals surface area contributed by atoms with Gasteiger partial charge in [0.05, 0.1) is 10.7 Å². The SMILES string of the molecule is CCC(C)C(=O)NC1(C(=O)NS(=O)(=O)C2(C)CC2)CC1C(F)F. The Bertz CT molecular complexity index is 618. The summed E-state index contributed by atoms with van der Waals surface area (Å²) in [5.41, 5.74) is -1.83. The molecule has 0 aromatic heterocycles. The number of hydrogen-bond donors (Lipinski definition) is 2. The fourth-order valence-corrected chi connectivity index (χ4v) is 3.68. The van der Waals surface area contributed by atoms with E-state index in [4.69, 9.17) is 0 Å². The summed E-state index contributed by atoms with van der Waals surface area (Å²) in [6.45, 7) is 4.86. The Morgan fingerprint density at radius 2 is 1.87 bits per heavy atom. The number of sulfonamides is 1. The van der Waals surface area contributed by atoms with Crippen molar-refractivity contribution in [1.29, 1.82) is 0 Å². The van der Waals surface area contributed by atoms with E-state index in [1.807, 2.05) is 4.72 Å². The van der Waals surface area contributed by atoms with Gasteiger partial charge >= 0.3 is 0 Å². The minimum absolute atomic E-state index is 0.259. The van der Waals surface area contributed by atoms with Crippen LogP contribution in [0.4, 0.5) is 8.78 Å². The monoisotopic (exact) mass is 352 g/mol. The maximum Gasteiger partial charge on any atom is 0.259 e. The molecule has 2 aliphatic carbocycles. The van der Waals surface area contributed by atoms with Gasteiger partial charge in [-0.3, -0.25) is 14.3 Å². The van der Waals surface area contributed by atoms with Gasteiger partial charge in [-0.15, -0.1) is 0 Å². The van der Waals surface area contributed by atoms with Crippen molar-refractivity contribution in [3.63, 3.8) is 0 Å². The molecule has 9 heteroatoms. The second kappa shape index (κ2) is 5.68. The molecule has 0 aromatic rings. The molecule has 2 saturated carbocycles. The van der Waals surface area contributed by atoms with Gasteiger partial charge in [0.2, 0.25) is 22.4 Å². The number of rotatable bonds is 7. The molecule has 0 saturated heterocycles. The van der Waals surface area contributed by atoms with Crippen LogP contribution in [-0.2, 0) is 19.6 Å². The van der Waals surface area contributed by atoms with Crippen LogP contribution in [0.15, 0.2) is 0 Å². The van der Waals surface area contributed by atoms with Crippen molar-refractivity contribution < 1.29 is 26.8 Å². The van der Waals surface area contributed by atoms with Gasteiger partial charge in [-0.25, -0.2) is 17.2 Å². The predicted molar refractivity (Wildman–Crippen MR) is 79.1 cm³/mol. The predicted octanol–water partition coefficient (Wildman–Crippen LogP) is 1.17. The standard InChI is InChI=1S/C14H22F2N2O4S/c1-4-8(2)11(19)17-14(7-9(14)10(15)16)12(20)18-23(21,22)13(3)5-6-13/h8-10H,4-7H2,1-3H3,(H,17,19)(H,18,20). The highest BCUT2D eigenvalue weighted by atomic mass is 32.2. The van der Waals surface area contributed by atoms with Crippen molar-refractivity contribution in [3.05, 3.63) is 0 Å². The van der Waals surface area contributed by atoms with Crippen molar-refractivity contribution in [3.8, 4) is 0 Å². The number of halogens is 2. The van der Waals surface area contributed by atoms with Gasteiger partial charge in [0.15, 0.2) is 0 Å². The first kappa shape index (κ1) is 18.1. The molecule has 23 heavy (non-hydrogen) atoms. The molecule has 132 valence electrons. The highest BCUT2D eigenvalue weighted by Gasteiger charge is 2.66. The molecular formula is C14H22F2N2O4S. The molecule has 0 aromatic carbocycles. The fraction of sp³-hybridized carbons (Fsp3) is 0.857. The molecule has 0 heterocycles. The average molecular weight is 352 g/mol. The Morgan fingerprint density at radius 3 is 2.26 bits per heavy atom. The quantitative estimate of drug-likeness (QED) is 0.719. The normalized spacial score (nSPS) is 29.7. The van der Waals surface area contributed by atoms with Crippen LogP contribution in [0.25, 0.3) is 0 Å². The summed E-state index contributed by atoms with van der Waals surface area (Å²) in [6.07, 6.45) is -1.75. The van der Waals surface area contributed by atoms with Gasteiger partial charge in [0.1, 0.15) is 5.54 Å². The van der Waals surface area contributed by atoms with Gasteiger partial charge in [-0.1, -0.05) is 13.8 Å². The van der Waals surface area contributed by atoms with Crippen LogP contribution < -0.4 is 10.0 Å². The Balaban J connectivity index is 2.16. The highest BCUT2D eigenvalue weighted by molar-refractivity contribution is 7.91. The lowest BCUT2D eigenvalue weighted by Crippen LogP contribution is -2.54. The lowest BCUT2D eigenvalue weighted by molar-refractivity contribution is -0.132. The summed E-state index contributed by atoms with van der Waals surface area (Å²) in [5, 5.41) is 2.35. The molecule has 2 aliphatic rings. The van der Waals surface area contributed by atoms with Gasteiger partial charge in [0, 0.05) is 5.92 Å². The Hall–Kier alpha value is -1.25. The van der Waals surface area contributed by atoms with Gasteiger partial charge in [0.25, 0.3) is 5.91 Å². The second-order valence-electron chi connectivity index (χ2n) is 6.80. The summed E-state index contributed by atoms with van der Waals surface area (Å²) < 4.78 is 51.1. The van der Waals surface area contributed by atoms with E-state index in [1.165, 1.54) is 6.92 Å². The first-order valence-corrected chi connectivity index (χ1v) is 9.14. The summed E-state index contributed by atoms with van der Waals surface area (Å²) in [7, 11) is -3.94. The Labute approximate surface area is 134 Å². The van der Waals surface area contributed by atoms with E-state index in [-0.39, 0.29) is 6.42 Å². The summed E-state index contributed by atoms with van der Waals surface area (Å²) in [6, 6.07) is 0. The van der Waals surface area contributed by atoms with Crippen molar-refractivity contribution in [2.75, 3.05) is 0 Å². The van der Waals surface area contributed by atoms with Crippen LogP contribution in [0.2, 0.25) is 0 Å². The lowest BCUT2D eigenvalue weighted by Gasteiger charge is -2.22. The van der Waals surface area contributed by atoms with Gasteiger partial charge in [-0.2, -0.15) is 0 Å². The summed E-state index contributed by atoms with van der Waals surface area (Å²) >= 11 is 0. The number of amides is 2. The topological polar surface area (TPSA) is 92.3 Å². The van der Waals surface area contributed by atoms with E-state index in [2.05, 4.69) is 5.32 Å².